The van der Waals surface area contributed by atoms with Gasteiger partial charge in [0.05, 0.1) is 6.04 Å². The summed E-state index contributed by atoms with van der Waals surface area (Å²) in [5, 5.41) is 0. The third kappa shape index (κ3) is 3.94. The van der Waals surface area contributed by atoms with Gasteiger partial charge in [-0.1, -0.05) is 6.07 Å². The minimum Gasteiger partial charge on any atom is -0.381 e. The Hall–Kier alpha value is -1.46. The summed E-state index contributed by atoms with van der Waals surface area (Å²) in [5.41, 5.74) is 1.19. The van der Waals surface area contributed by atoms with Crippen LogP contribution in [-0.4, -0.2) is 59.6 Å². The number of aromatic nitrogens is 1. The van der Waals surface area contributed by atoms with Crippen molar-refractivity contribution in [2.45, 2.75) is 57.0 Å². The molecule has 26 heavy (non-hydrogen) atoms. The number of piperidine rings is 2. The molecular formula is C21H31N3O2. The van der Waals surface area contributed by atoms with Gasteiger partial charge in [0, 0.05) is 44.1 Å². The average Bonchev–Trinajstić information content (AvgIpc) is 2.75. The molecule has 0 bridgehead atoms. The van der Waals surface area contributed by atoms with Gasteiger partial charge in [0.2, 0.25) is 5.91 Å². The number of likely N-dealkylation sites (tertiary alicyclic amines) is 2. The lowest BCUT2D eigenvalue weighted by atomic mass is 9.90. The van der Waals surface area contributed by atoms with E-state index >= 15 is 0 Å². The first-order chi connectivity index (χ1) is 12.8. The van der Waals surface area contributed by atoms with Gasteiger partial charge in [-0.2, -0.15) is 0 Å². The van der Waals surface area contributed by atoms with Crippen LogP contribution >= 0.6 is 0 Å². The van der Waals surface area contributed by atoms with Crippen LogP contribution < -0.4 is 0 Å². The van der Waals surface area contributed by atoms with Crippen molar-refractivity contribution in [1.29, 1.82) is 0 Å². The average molecular weight is 357 g/mol. The first kappa shape index (κ1) is 17.9. The van der Waals surface area contributed by atoms with Crippen LogP contribution in [-0.2, 0) is 9.53 Å². The lowest BCUT2D eigenvalue weighted by Crippen LogP contribution is -2.48. The maximum Gasteiger partial charge on any atom is 0.226 e. The van der Waals surface area contributed by atoms with Gasteiger partial charge >= 0.3 is 0 Å². The molecule has 0 spiro atoms. The van der Waals surface area contributed by atoms with Crippen molar-refractivity contribution in [3.8, 4) is 0 Å². The van der Waals surface area contributed by atoms with Crippen LogP contribution in [0.2, 0.25) is 0 Å². The van der Waals surface area contributed by atoms with Gasteiger partial charge in [0.15, 0.2) is 0 Å². The van der Waals surface area contributed by atoms with Crippen molar-refractivity contribution in [2.75, 3.05) is 32.8 Å². The SMILES string of the molecule is O=C(C1CCN(C2CCOCC2)CC1)N1CCCCC1c1cccnc1. The molecule has 3 fully saturated rings. The summed E-state index contributed by atoms with van der Waals surface area (Å²) in [4.78, 5) is 22.3. The van der Waals surface area contributed by atoms with E-state index in [4.69, 9.17) is 4.74 Å². The Bertz CT molecular complexity index is 580. The highest BCUT2D eigenvalue weighted by Crippen LogP contribution is 2.33. The molecule has 3 aliphatic rings. The van der Waals surface area contributed by atoms with Crippen molar-refractivity contribution >= 4 is 5.91 Å². The lowest BCUT2D eigenvalue weighted by molar-refractivity contribution is -0.141. The van der Waals surface area contributed by atoms with Gasteiger partial charge in [-0.15, -0.1) is 0 Å². The van der Waals surface area contributed by atoms with E-state index in [1.165, 1.54) is 12.0 Å². The van der Waals surface area contributed by atoms with Crippen LogP contribution in [0.15, 0.2) is 24.5 Å². The predicted molar refractivity (Wildman–Crippen MR) is 101 cm³/mol. The molecule has 1 aromatic rings. The summed E-state index contributed by atoms with van der Waals surface area (Å²) in [6.45, 7) is 4.81. The second kappa shape index (κ2) is 8.49. The van der Waals surface area contributed by atoms with Crippen LogP contribution in [0, 0.1) is 5.92 Å². The number of rotatable bonds is 3. The Morgan fingerprint density at radius 3 is 2.58 bits per heavy atom. The fourth-order valence-corrected chi connectivity index (χ4v) is 4.91. The number of hydrogen-bond acceptors (Lipinski definition) is 4. The molecule has 1 amide bonds. The summed E-state index contributed by atoms with van der Waals surface area (Å²) < 4.78 is 5.49. The maximum absolute atomic E-state index is 13.3. The highest BCUT2D eigenvalue weighted by molar-refractivity contribution is 5.79. The molecule has 0 saturated carbocycles. The third-order valence-electron chi connectivity index (χ3n) is 6.44. The third-order valence-corrected chi connectivity index (χ3v) is 6.44. The number of hydrogen-bond donors (Lipinski definition) is 0. The van der Waals surface area contributed by atoms with E-state index in [1.54, 1.807) is 0 Å². The molecule has 0 radical (unpaired) electrons. The predicted octanol–water partition coefficient (Wildman–Crippen LogP) is 3.03. The molecule has 5 nitrogen and oxygen atoms in total. The highest BCUT2D eigenvalue weighted by atomic mass is 16.5. The fraction of sp³-hybridized carbons (Fsp3) is 0.714. The van der Waals surface area contributed by atoms with Gasteiger partial charge in [0.1, 0.15) is 0 Å². The molecule has 4 heterocycles. The summed E-state index contributed by atoms with van der Waals surface area (Å²) in [6.07, 6.45) is 11.4. The molecule has 5 heteroatoms. The van der Waals surface area contributed by atoms with Crippen molar-refractivity contribution in [2.24, 2.45) is 5.92 Å². The standard InChI is InChI=1S/C21H31N3O2/c25-21(17-6-12-23(13-7-17)19-8-14-26-15-9-19)24-11-2-1-5-20(24)18-4-3-10-22-16-18/h3-4,10,16-17,19-20H,1-2,5-9,11-15H2. The zero-order valence-electron chi connectivity index (χ0n) is 15.7. The van der Waals surface area contributed by atoms with E-state index in [1.807, 2.05) is 18.5 Å². The largest absolute Gasteiger partial charge is 0.381 e. The monoisotopic (exact) mass is 357 g/mol. The second-order valence-corrected chi connectivity index (χ2v) is 7.98. The Morgan fingerprint density at radius 1 is 1.04 bits per heavy atom. The van der Waals surface area contributed by atoms with Crippen molar-refractivity contribution in [3.63, 3.8) is 0 Å². The topological polar surface area (TPSA) is 45.7 Å². The van der Waals surface area contributed by atoms with Gasteiger partial charge in [-0.3, -0.25) is 9.78 Å². The molecule has 142 valence electrons. The molecule has 0 aromatic carbocycles. The number of carbonyl (C=O) groups excluding carboxylic acids is 1. The lowest BCUT2D eigenvalue weighted by Gasteiger charge is -2.42. The molecule has 1 aromatic heterocycles. The Morgan fingerprint density at radius 2 is 1.85 bits per heavy atom. The number of pyridine rings is 1. The van der Waals surface area contributed by atoms with E-state index in [2.05, 4.69) is 20.9 Å². The zero-order chi connectivity index (χ0) is 17.8. The van der Waals surface area contributed by atoms with Crippen molar-refractivity contribution < 1.29 is 9.53 Å². The van der Waals surface area contributed by atoms with Gasteiger partial charge in [0.25, 0.3) is 0 Å². The molecular weight excluding hydrogens is 326 g/mol. The molecule has 0 aliphatic carbocycles. The van der Waals surface area contributed by atoms with Crippen molar-refractivity contribution in [3.05, 3.63) is 30.1 Å². The smallest absolute Gasteiger partial charge is 0.226 e. The van der Waals surface area contributed by atoms with Gasteiger partial charge < -0.3 is 14.5 Å². The molecule has 1 atom stereocenters. The molecule has 4 rings (SSSR count). The summed E-state index contributed by atoms with van der Waals surface area (Å²) in [5.74, 6) is 0.577. The maximum atomic E-state index is 13.3. The number of nitrogens with zero attached hydrogens (tertiary/aromatic N) is 3. The van der Waals surface area contributed by atoms with Crippen LogP contribution in [0.3, 0.4) is 0 Å². The normalized spacial score (nSPS) is 26.8. The van der Waals surface area contributed by atoms with Crippen LogP contribution in [0.25, 0.3) is 0 Å². The number of carbonyl (C=O) groups is 1. The minimum atomic E-state index is 0.198. The minimum absolute atomic E-state index is 0.198. The van der Waals surface area contributed by atoms with Crippen LogP contribution in [0.4, 0.5) is 0 Å². The molecule has 3 saturated heterocycles. The first-order valence-electron chi connectivity index (χ1n) is 10.3. The van der Waals surface area contributed by atoms with E-state index in [0.29, 0.717) is 11.9 Å². The Labute approximate surface area is 156 Å². The molecule has 3 aliphatic heterocycles. The van der Waals surface area contributed by atoms with Crippen LogP contribution in [0.1, 0.15) is 56.6 Å². The quantitative estimate of drug-likeness (QED) is 0.834. The summed E-state index contributed by atoms with van der Waals surface area (Å²) >= 11 is 0. The second-order valence-electron chi connectivity index (χ2n) is 7.98. The summed E-state index contributed by atoms with van der Waals surface area (Å²) in [6, 6.07) is 4.99. The van der Waals surface area contributed by atoms with E-state index in [9.17, 15) is 4.79 Å². The zero-order valence-corrected chi connectivity index (χ0v) is 15.7. The number of ether oxygens (including phenoxy) is 1. The van der Waals surface area contributed by atoms with E-state index < -0.39 is 0 Å². The van der Waals surface area contributed by atoms with Crippen LogP contribution in [0.5, 0.6) is 0 Å². The van der Waals surface area contributed by atoms with E-state index in [-0.39, 0.29) is 12.0 Å². The summed E-state index contributed by atoms with van der Waals surface area (Å²) in [7, 11) is 0. The molecule has 0 N–H and O–H groups in total. The number of amides is 1. The Kier molecular flexibility index (Phi) is 5.85. The van der Waals surface area contributed by atoms with E-state index in [0.717, 1.165) is 71.4 Å². The van der Waals surface area contributed by atoms with Crippen molar-refractivity contribution in [1.82, 2.24) is 14.8 Å². The molecule has 1 unspecified atom stereocenters. The Balaban J connectivity index is 1.37. The van der Waals surface area contributed by atoms with Gasteiger partial charge in [-0.25, -0.2) is 0 Å². The fourth-order valence-electron chi connectivity index (χ4n) is 4.91. The first-order valence-corrected chi connectivity index (χ1v) is 10.3. The highest BCUT2D eigenvalue weighted by Gasteiger charge is 2.35. The van der Waals surface area contributed by atoms with Gasteiger partial charge in [-0.05, 0) is 69.7 Å².